The number of amides is 1. The summed E-state index contributed by atoms with van der Waals surface area (Å²) in [7, 11) is 1.36. The minimum atomic E-state index is -0.392. The van der Waals surface area contributed by atoms with Crippen LogP contribution in [0.5, 0.6) is 11.5 Å². The lowest BCUT2D eigenvalue weighted by atomic mass is 9.98. The molecule has 0 atom stereocenters. The summed E-state index contributed by atoms with van der Waals surface area (Å²) in [5.41, 5.74) is 5.93. The minimum Gasteiger partial charge on any atom is -0.488 e. The van der Waals surface area contributed by atoms with Crippen molar-refractivity contribution in [3.8, 4) is 11.5 Å². The van der Waals surface area contributed by atoms with Gasteiger partial charge in [-0.15, -0.1) is 0 Å². The maximum Gasteiger partial charge on any atom is 0.337 e. The van der Waals surface area contributed by atoms with E-state index in [9.17, 15) is 9.59 Å². The molecule has 0 fully saturated rings. The van der Waals surface area contributed by atoms with Crippen molar-refractivity contribution in [2.24, 2.45) is 0 Å². The number of carbonyl (C=O) groups excluding carboxylic acids is 2. The Morgan fingerprint density at radius 2 is 1.35 bits per heavy atom. The van der Waals surface area contributed by atoms with Gasteiger partial charge in [-0.1, -0.05) is 80.6 Å². The van der Waals surface area contributed by atoms with Gasteiger partial charge in [0.15, 0.2) is 0 Å². The van der Waals surface area contributed by atoms with Gasteiger partial charge < -0.3 is 19.1 Å². The van der Waals surface area contributed by atoms with Crippen LogP contribution in [0.3, 0.4) is 0 Å². The van der Waals surface area contributed by atoms with Crippen LogP contribution in [0.4, 0.5) is 0 Å². The first kappa shape index (κ1) is 27.0. The molecule has 0 spiro atoms. The Bertz CT molecular complexity index is 1500. The predicted octanol–water partition coefficient (Wildman–Crippen LogP) is 6.91. The first-order valence-corrected chi connectivity index (χ1v) is 13.4. The summed E-state index contributed by atoms with van der Waals surface area (Å²) in [4.78, 5) is 27.8. The summed E-state index contributed by atoms with van der Waals surface area (Å²) in [6.07, 6.45) is 0. The van der Waals surface area contributed by atoms with E-state index in [1.54, 1.807) is 17.0 Å². The topological polar surface area (TPSA) is 65.1 Å². The normalized spacial score (nSPS) is 12.2. The Morgan fingerprint density at radius 1 is 0.750 bits per heavy atom. The van der Waals surface area contributed by atoms with Gasteiger partial charge in [-0.3, -0.25) is 4.79 Å². The second-order valence-corrected chi connectivity index (χ2v) is 10.2. The second kappa shape index (κ2) is 12.1. The molecule has 0 radical (unpaired) electrons. The highest BCUT2D eigenvalue weighted by Gasteiger charge is 2.29. The number of carbonyl (C=O) groups is 2. The summed E-state index contributed by atoms with van der Waals surface area (Å²) in [6, 6.07) is 29.1. The monoisotopic (exact) mass is 535 g/mol. The van der Waals surface area contributed by atoms with Crippen molar-refractivity contribution in [1.29, 1.82) is 0 Å². The number of methoxy groups -OCH3 is 1. The van der Waals surface area contributed by atoms with Crippen molar-refractivity contribution >= 4 is 11.9 Å². The van der Waals surface area contributed by atoms with Gasteiger partial charge in [-0.25, -0.2) is 4.79 Å². The Hall–Kier alpha value is -4.58. The molecule has 6 heteroatoms. The number of fused-ring (bicyclic) bond motifs is 1. The molecular weight excluding hydrogens is 502 g/mol. The molecule has 0 unspecified atom stereocenters. The Morgan fingerprint density at radius 3 is 1.95 bits per heavy atom. The maximum absolute atomic E-state index is 14.0. The molecule has 1 amide bonds. The highest BCUT2D eigenvalue weighted by molar-refractivity contribution is 5.98. The number of hydrogen-bond acceptors (Lipinski definition) is 5. The van der Waals surface area contributed by atoms with Crippen molar-refractivity contribution in [2.45, 2.75) is 46.1 Å². The Balaban J connectivity index is 1.46. The number of rotatable bonds is 9. The quantitative estimate of drug-likeness (QED) is 0.218. The van der Waals surface area contributed by atoms with Crippen LogP contribution >= 0.6 is 0 Å². The summed E-state index contributed by atoms with van der Waals surface area (Å²) in [5, 5.41) is 0. The molecule has 0 aromatic heterocycles. The first-order valence-electron chi connectivity index (χ1n) is 13.4. The number of benzene rings is 4. The van der Waals surface area contributed by atoms with Crippen LogP contribution in [-0.4, -0.2) is 23.9 Å². The number of ether oxygens (including phenoxy) is 3. The van der Waals surface area contributed by atoms with Crippen LogP contribution in [0.15, 0.2) is 91.0 Å². The van der Waals surface area contributed by atoms with Gasteiger partial charge in [-0.2, -0.15) is 0 Å². The van der Waals surface area contributed by atoms with Gasteiger partial charge in [-0.05, 0) is 51.9 Å². The number of nitrogens with zero attached hydrogens (tertiary/aromatic N) is 1. The smallest absolute Gasteiger partial charge is 0.337 e. The average Bonchev–Trinajstić information content (AvgIpc) is 3.42. The predicted molar refractivity (Wildman–Crippen MR) is 153 cm³/mol. The van der Waals surface area contributed by atoms with E-state index in [0.29, 0.717) is 48.9 Å². The molecule has 0 saturated carbocycles. The third-order valence-electron chi connectivity index (χ3n) is 7.08. The van der Waals surface area contributed by atoms with Gasteiger partial charge in [0.1, 0.15) is 24.7 Å². The van der Waals surface area contributed by atoms with Crippen LogP contribution in [0, 0.1) is 0 Å². The third kappa shape index (κ3) is 6.01. The molecule has 204 valence electrons. The van der Waals surface area contributed by atoms with Gasteiger partial charge in [0.2, 0.25) is 0 Å². The Labute approximate surface area is 235 Å². The van der Waals surface area contributed by atoms with E-state index < -0.39 is 5.97 Å². The molecule has 0 N–H and O–H groups in total. The lowest BCUT2D eigenvalue weighted by molar-refractivity contribution is 0.0600. The highest BCUT2D eigenvalue weighted by atomic mass is 16.5. The van der Waals surface area contributed by atoms with E-state index in [0.717, 1.165) is 27.8 Å². The highest BCUT2D eigenvalue weighted by Crippen LogP contribution is 2.37. The van der Waals surface area contributed by atoms with E-state index >= 15 is 0 Å². The fourth-order valence-corrected chi connectivity index (χ4v) is 4.86. The van der Waals surface area contributed by atoms with Crippen LogP contribution < -0.4 is 9.47 Å². The van der Waals surface area contributed by atoms with Gasteiger partial charge in [0, 0.05) is 19.2 Å². The van der Waals surface area contributed by atoms with E-state index in [4.69, 9.17) is 14.2 Å². The van der Waals surface area contributed by atoms with Crippen molar-refractivity contribution in [1.82, 2.24) is 4.90 Å². The van der Waals surface area contributed by atoms with Crippen LogP contribution in [0.1, 0.15) is 68.3 Å². The summed E-state index contributed by atoms with van der Waals surface area (Å²) >= 11 is 0. The first-order chi connectivity index (χ1) is 19.4. The molecule has 1 aliphatic rings. The van der Waals surface area contributed by atoms with E-state index in [2.05, 4.69) is 13.8 Å². The lowest BCUT2D eigenvalue weighted by Gasteiger charge is -2.22. The molecule has 0 saturated heterocycles. The van der Waals surface area contributed by atoms with E-state index in [1.165, 1.54) is 7.11 Å². The second-order valence-electron chi connectivity index (χ2n) is 10.2. The van der Waals surface area contributed by atoms with Gasteiger partial charge in [0.25, 0.3) is 5.91 Å². The standard InChI is InChI=1S/C34H33NO5/c1-23(2)29-17-30(33(36)35-19-27-15-14-26(34(37)38-3)16-28(27)20-35)32(40-22-25-12-8-5-9-13-25)18-31(29)39-21-24-10-6-4-7-11-24/h4-18,23H,19-22H2,1-3H3. The molecule has 6 nitrogen and oxygen atoms in total. The maximum atomic E-state index is 14.0. The van der Waals surface area contributed by atoms with Gasteiger partial charge in [0.05, 0.1) is 18.2 Å². The van der Waals surface area contributed by atoms with Crippen molar-refractivity contribution in [3.05, 3.63) is 130 Å². The lowest BCUT2D eigenvalue weighted by Crippen LogP contribution is -2.26. The molecule has 5 rings (SSSR count). The van der Waals surface area contributed by atoms with Crippen molar-refractivity contribution in [3.63, 3.8) is 0 Å². The molecule has 0 aliphatic carbocycles. The molecule has 1 heterocycles. The average molecular weight is 536 g/mol. The number of esters is 1. The zero-order valence-electron chi connectivity index (χ0n) is 23.1. The zero-order chi connectivity index (χ0) is 28.1. The van der Waals surface area contributed by atoms with E-state index in [-0.39, 0.29) is 11.8 Å². The minimum absolute atomic E-state index is 0.124. The number of hydrogen-bond donors (Lipinski definition) is 0. The summed E-state index contributed by atoms with van der Waals surface area (Å²) in [6.45, 7) is 5.77. The van der Waals surface area contributed by atoms with E-state index in [1.807, 2.05) is 78.9 Å². The molecule has 0 bridgehead atoms. The fraction of sp³-hybridized carbons (Fsp3) is 0.235. The third-order valence-corrected chi connectivity index (χ3v) is 7.08. The fourth-order valence-electron chi connectivity index (χ4n) is 4.86. The molecule has 1 aliphatic heterocycles. The van der Waals surface area contributed by atoms with Crippen LogP contribution in [0.2, 0.25) is 0 Å². The summed E-state index contributed by atoms with van der Waals surface area (Å²) in [5.74, 6) is 0.782. The van der Waals surface area contributed by atoms with Crippen molar-refractivity contribution < 1.29 is 23.8 Å². The van der Waals surface area contributed by atoms with Crippen LogP contribution in [-0.2, 0) is 31.0 Å². The zero-order valence-corrected chi connectivity index (χ0v) is 23.1. The largest absolute Gasteiger partial charge is 0.488 e. The Kier molecular flexibility index (Phi) is 8.15. The molecule has 4 aromatic carbocycles. The molecule has 40 heavy (non-hydrogen) atoms. The van der Waals surface area contributed by atoms with Gasteiger partial charge >= 0.3 is 5.97 Å². The van der Waals surface area contributed by atoms with Crippen molar-refractivity contribution in [2.75, 3.05) is 7.11 Å². The molecular formula is C34H33NO5. The van der Waals surface area contributed by atoms with Crippen LogP contribution in [0.25, 0.3) is 0 Å². The molecule has 4 aromatic rings. The summed E-state index contributed by atoms with van der Waals surface area (Å²) < 4.78 is 17.4. The SMILES string of the molecule is COC(=O)c1ccc2c(c1)CN(C(=O)c1cc(C(C)C)c(OCc3ccccc3)cc1OCc1ccccc1)C2.